The molecule has 0 spiro atoms. The van der Waals surface area contributed by atoms with Crippen LogP contribution in [0.4, 0.5) is 14.7 Å². The third kappa shape index (κ3) is 3.26. The molecule has 7 heteroatoms. The van der Waals surface area contributed by atoms with Crippen LogP contribution in [-0.4, -0.2) is 21.5 Å². The number of nitrogens with one attached hydrogen (secondary N) is 1. The Hall–Kier alpha value is -2.99. The largest absolute Gasteiger partial charge is 0.356 e. The summed E-state index contributed by atoms with van der Waals surface area (Å²) in [6.45, 7) is 5.98. The first kappa shape index (κ1) is 19.9. The van der Waals surface area contributed by atoms with Gasteiger partial charge in [0.15, 0.2) is 5.82 Å². The average Bonchev–Trinajstić information content (AvgIpc) is 3.09. The Labute approximate surface area is 183 Å². The van der Waals surface area contributed by atoms with E-state index in [0.29, 0.717) is 35.8 Å². The molecule has 158 valence electrons. The summed E-state index contributed by atoms with van der Waals surface area (Å²) in [7, 11) is 0. The Kier molecular flexibility index (Phi) is 4.70. The molecule has 0 saturated carbocycles. The van der Waals surface area contributed by atoms with Crippen LogP contribution in [0.15, 0.2) is 36.4 Å². The first-order chi connectivity index (χ1) is 14.8. The van der Waals surface area contributed by atoms with Crippen LogP contribution in [0.5, 0.6) is 0 Å². The summed E-state index contributed by atoms with van der Waals surface area (Å²) in [6, 6.07) is 11.2. The number of hydrogen-bond donors (Lipinski definition) is 1. The summed E-state index contributed by atoms with van der Waals surface area (Å²) < 4.78 is 28.3. The first-order valence-corrected chi connectivity index (χ1v) is 10.5. The molecule has 1 atom stereocenters. The second-order valence-electron chi connectivity index (χ2n) is 8.09. The number of rotatable bonds is 2. The van der Waals surface area contributed by atoms with Crippen molar-refractivity contribution in [1.29, 1.82) is 0 Å². The Morgan fingerprint density at radius 1 is 1.03 bits per heavy atom. The molecular formula is C24H21ClF2N4. The van der Waals surface area contributed by atoms with Gasteiger partial charge in [0, 0.05) is 23.1 Å². The molecule has 1 N–H and O–H groups in total. The van der Waals surface area contributed by atoms with Crippen LogP contribution in [-0.2, 0) is 6.42 Å². The standard InChI is InChI=1S/C24H21ClF2N4/c1-12-4-6-15(7-5-12)23-22-16(17-10-18(25)19(26)11-20(17)30-22)8-9-31(23)24-28-13(2)21(27)14(3)29-24/h4-7,10-11,23,30H,8-9H2,1-3H3. The van der Waals surface area contributed by atoms with Crippen LogP contribution in [0.3, 0.4) is 0 Å². The molecule has 4 aromatic rings. The molecule has 2 aromatic heterocycles. The monoisotopic (exact) mass is 438 g/mol. The molecule has 1 aliphatic heterocycles. The molecule has 4 nitrogen and oxygen atoms in total. The first-order valence-electron chi connectivity index (χ1n) is 10.2. The lowest BCUT2D eigenvalue weighted by Gasteiger charge is -2.36. The lowest BCUT2D eigenvalue weighted by atomic mass is 9.92. The van der Waals surface area contributed by atoms with Crippen molar-refractivity contribution in [2.75, 3.05) is 11.4 Å². The highest BCUT2D eigenvalue weighted by Gasteiger charge is 2.34. The zero-order valence-corrected chi connectivity index (χ0v) is 18.2. The Balaban J connectivity index is 1.73. The van der Waals surface area contributed by atoms with E-state index in [-0.39, 0.29) is 16.9 Å². The average molecular weight is 439 g/mol. The molecule has 0 radical (unpaired) electrons. The number of hydrogen-bond acceptors (Lipinski definition) is 3. The number of aromatic nitrogens is 3. The Morgan fingerprint density at radius 2 is 1.71 bits per heavy atom. The van der Waals surface area contributed by atoms with E-state index in [1.54, 1.807) is 19.9 Å². The van der Waals surface area contributed by atoms with Crippen molar-refractivity contribution >= 4 is 28.5 Å². The lowest BCUT2D eigenvalue weighted by Crippen LogP contribution is -2.37. The summed E-state index contributed by atoms with van der Waals surface area (Å²) in [5, 5.41) is 1.03. The van der Waals surface area contributed by atoms with Crippen molar-refractivity contribution in [3.8, 4) is 0 Å². The van der Waals surface area contributed by atoms with Gasteiger partial charge in [0.1, 0.15) is 5.82 Å². The number of H-pyrrole nitrogens is 1. The van der Waals surface area contributed by atoms with Crippen molar-refractivity contribution in [1.82, 2.24) is 15.0 Å². The van der Waals surface area contributed by atoms with Gasteiger partial charge in [-0.25, -0.2) is 18.7 Å². The molecule has 0 aliphatic carbocycles. The number of benzene rings is 2. The highest BCUT2D eigenvalue weighted by Crippen LogP contribution is 2.41. The van der Waals surface area contributed by atoms with Gasteiger partial charge in [0.2, 0.25) is 5.95 Å². The zero-order chi connectivity index (χ0) is 21.9. The topological polar surface area (TPSA) is 44.8 Å². The summed E-state index contributed by atoms with van der Waals surface area (Å²) in [5.41, 5.74) is 5.61. The molecule has 2 aromatic carbocycles. The zero-order valence-electron chi connectivity index (χ0n) is 17.4. The molecule has 5 rings (SSSR count). The molecule has 0 saturated heterocycles. The van der Waals surface area contributed by atoms with Crippen molar-refractivity contribution < 1.29 is 8.78 Å². The Bertz CT molecular complexity index is 1290. The number of aryl methyl sites for hydroxylation is 3. The normalized spacial score (nSPS) is 16.1. The van der Waals surface area contributed by atoms with E-state index in [9.17, 15) is 8.78 Å². The molecule has 31 heavy (non-hydrogen) atoms. The fourth-order valence-corrected chi connectivity index (χ4v) is 4.57. The van der Waals surface area contributed by atoms with Gasteiger partial charge in [-0.15, -0.1) is 0 Å². The summed E-state index contributed by atoms with van der Waals surface area (Å²) in [5.74, 6) is -0.357. The second-order valence-corrected chi connectivity index (χ2v) is 8.50. The van der Waals surface area contributed by atoms with Gasteiger partial charge in [0.05, 0.1) is 22.5 Å². The van der Waals surface area contributed by atoms with Crippen LogP contribution >= 0.6 is 11.6 Å². The molecule has 0 amide bonds. The van der Waals surface area contributed by atoms with Crippen LogP contribution in [0, 0.1) is 32.4 Å². The number of fused-ring (bicyclic) bond motifs is 3. The van der Waals surface area contributed by atoms with Gasteiger partial charge in [-0.3, -0.25) is 0 Å². The fourth-order valence-electron chi connectivity index (χ4n) is 4.41. The molecular weight excluding hydrogens is 418 g/mol. The van der Waals surface area contributed by atoms with Gasteiger partial charge < -0.3 is 9.88 Å². The minimum atomic E-state index is -0.454. The van der Waals surface area contributed by atoms with Crippen LogP contribution < -0.4 is 4.90 Å². The maximum Gasteiger partial charge on any atom is 0.226 e. The number of halogens is 3. The van der Waals surface area contributed by atoms with Crippen LogP contribution in [0.2, 0.25) is 5.02 Å². The van der Waals surface area contributed by atoms with E-state index >= 15 is 0 Å². The molecule has 1 aliphatic rings. The van der Waals surface area contributed by atoms with E-state index in [2.05, 4.69) is 44.1 Å². The van der Waals surface area contributed by atoms with E-state index in [4.69, 9.17) is 11.6 Å². The van der Waals surface area contributed by atoms with Crippen molar-refractivity contribution in [2.24, 2.45) is 0 Å². The number of nitrogens with zero attached hydrogens (tertiary/aromatic N) is 3. The SMILES string of the molecule is Cc1ccc(C2c3[nH]c4cc(F)c(Cl)cc4c3CCN2c2nc(C)c(F)c(C)n2)cc1. The third-order valence-electron chi connectivity index (χ3n) is 5.99. The third-order valence-corrected chi connectivity index (χ3v) is 6.28. The van der Waals surface area contributed by atoms with Crippen LogP contribution in [0.25, 0.3) is 10.9 Å². The smallest absolute Gasteiger partial charge is 0.226 e. The minimum absolute atomic E-state index is 0.108. The lowest BCUT2D eigenvalue weighted by molar-refractivity contribution is 0.576. The van der Waals surface area contributed by atoms with Crippen molar-refractivity contribution in [3.05, 3.63) is 86.8 Å². The minimum Gasteiger partial charge on any atom is -0.356 e. The molecule has 0 fully saturated rings. The highest BCUT2D eigenvalue weighted by molar-refractivity contribution is 6.31. The number of aromatic amines is 1. The van der Waals surface area contributed by atoms with Gasteiger partial charge in [0.25, 0.3) is 0 Å². The van der Waals surface area contributed by atoms with Gasteiger partial charge in [-0.1, -0.05) is 41.4 Å². The molecule has 1 unspecified atom stereocenters. The summed E-state index contributed by atoms with van der Waals surface area (Å²) in [4.78, 5) is 14.4. The molecule has 0 bridgehead atoms. The summed E-state index contributed by atoms with van der Waals surface area (Å²) >= 11 is 6.08. The van der Waals surface area contributed by atoms with Gasteiger partial charge >= 0.3 is 0 Å². The van der Waals surface area contributed by atoms with Gasteiger partial charge in [-0.05, 0) is 50.5 Å². The van der Waals surface area contributed by atoms with E-state index < -0.39 is 5.82 Å². The van der Waals surface area contributed by atoms with E-state index in [0.717, 1.165) is 27.8 Å². The summed E-state index contributed by atoms with van der Waals surface area (Å²) in [6.07, 6.45) is 0.707. The van der Waals surface area contributed by atoms with E-state index in [1.165, 1.54) is 6.07 Å². The maximum atomic E-state index is 14.2. The maximum absolute atomic E-state index is 14.2. The van der Waals surface area contributed by atoms with Crippen molar-refractivity contribution in [2.45, 2.75) is 33.2 Å². The predicted molar refractivity (Wildman–Crippen MR) is 119 cm³/mol. The second kappa shape index (κ2) is 7.31. The quantitative estimate of drug-likeness (QED) is 0.419. The van der Waals surface area contributed by atoms with Crippen LogP contribution in [0.1, 0.15) is 39.8 Å². The Morgan fingerprint density at radius 3 is 2.39 bits per heavy atom. The van der Waals surface area contributed by atoms with Gasteiger partial charge in [-0.2, -0.15) is 0 Å². The fraction of sp³-hybridized carbons (Fsp3) is 0.250. The van der Waals surface area contributed by atoms with Crippen molar-refractivity contribution in [3.63, 3.8) is 0 Å². The predicted octanol–water partition coefficient (Wildman–Crippen LogP) is 5.97. The van der Waals surface area contributed by atoms with E-state index in [1.807, 2.05) is 6.92 Å². The number of anilines is 1. The molecule has 3 heterocycles. The highest BCUT2D eigenvalue weighted by atomic mass is 35.5.